The molecular weight excluding hydrogens is 762 g/mol. The number of amides is 2. The fourth-order valence-corrected chi connectivity index (χ4v) is 7.63. The van der Waals surface area contributed by atoms with Crippen molar-refractivity contribution in [2.75, 3.05) is 22.9 Å². The van der Waals surface area contributed by atoms with E-state index in [1.165, 1.54) is 0 Å². The molecule has 13 heteroatoms. The van der Waals surface area contributed by atoms with E-state index in [4.69, 9.17) is 14.2 Å². The third kappa shape index (κ3) is 10.9. The summed E-state index contributed by atoms with van der Waals surface area (Å²) in [6, 6.07) is 37.0. The number of rotatable bonds is 16. The van der Waals surface area contributed by atoms with E-state index in [0.717, 1.165) is 16.7 Å². The highest BCUT2D eigenvalue weighted by molar-refractivity contribution is 6.11. The summed E-state index contributed by atoms with van der Waals surface area (Å²) in [6.45, 7) is 0.772. The molecule has 10 nitrogen and oxygen atoms in total. The molecule has 59 heavy (non-hydrogen) atoms. The van der Waals surface area contributed by atoms with Gasteiger partial charge in [0.05, 0.1) is 12.1 Å². The number of pyridine rings is 1. The van der Waals surface area contributed by atoms with Gasteiger partial charge in [0.15, 0.2) is 0 Å². The third-order valence-electron chi connectivity index (χ3n) is 10.8. The Hall–Kier alpha value is -6.08. The van der Waals surface area contributed by atoms with Gasteiger partial charge in [-0.25, -0.2) is 4.79 Å². The topological polar surface area (TPSA) is 113 Å². The van der Waals surface area contributed by atoms with Crippen LogP contribution < -0.4 is 24.6 Å². The minimum atomic E-state index is -4.33. The highest BCUT2D eigenvalue weighted by atomic mass is 19.4. The lowest BCUT2D eigenvalue weighted by Gasteiger charge is -2.42. The van der Waals surface area contributed by atoms with Crippen molar-refractivity contribution < 1.29 is 42.1 Å². The number of anilines is 2. The number of hydrogen-bond acceptors (Lipinski definition) is 8. The van der Waals surface area contributed by atoms with Crippen LogP contribution in [-0.4, -0.2) is 53.0 Å². The summed E-state index contributed by atoms with van der Waals surface area (Å²) >= 11 is 0. The van der Waals surface area contributed by atoms with Gasteiger partial charge in [-0.1, -0.05) is 97.1 Å². The molecule has 0 saturated heterocycles. The molecule has 4 aromatic carbocycles. The van der Waals surface area contributed by atoms with Gasteiger partial charge in [0.2, 0.25) is 11.8 Å². The highest BCUT2D eigenvalue weighted by Crippen LogP contribution is 2.41. The monoisotopic (exact) mass is 808 g/mol. The van der Waals surface area contributed by atoms with Gasteiger partial charge in [-0.3, -0.25) is 9.69 Å². The van der Waals surface area contributed by atoms with Crippen molar-refractivity contribution in [3.05, 3.63) is 149 Å². The average Bonchev–Trinajstić information content (AvgIpc) is 3.59. The molecule has 0 spiro atoms. The molecule has 0 unspecified atom stereocenters. The van der Waals surface area contributed by atoms with Gasteiger partial charge in [-0.2, -0.15) is 18.2 Å². The summed E-state index contributed by atoms with van der Waals surface area (Å²) in [5.41, 5.74) is 3.70. The number of alkyl halides is 3. The maximum Gasteiger partial charge on any atom is 0.407 e. The first-order valence-corrected chi connectivity index (χ1v) is 19.8. The molecule has 2 amide bonds. The number of benzene rings is 4. The lowest BCUT2D eigenvalue weighted by Crippen LogP contribution is -2.49. The number of alkyl carbamates (subject to hydrolysis) is 1. The van der Waals surface area contributed by atoms with Crippen molar-refractivity contribution in [3.8, 4) is 11.8 Å². The van der Waals surface area contributed by atoms with E-state index >= 15 is 0 Å². The molecule has 0 bridgehead atoms. The maximum absolute atomic E-state index is 14.2. The first-order chi connectivity index (χ1) is 28.5. The summed E-state index contributed by atoms with van der Waals surface area (Å²) in [6.07, 6.45) is -4.56. The molecule has 2 N–H and O–H groups in total. The smallest absolute Gasteiger partial charge is 0.407 e. The van der Waals surface area contributed by atoms with Crippen LogP contribution in [0.1, 0.15) is 71.1 Å². The number of ether oxygens (including phenoxy) is 3. The summed E-state index contributed by atoms with van der Waals surface area (Å²) in [5, 5.41) is 14.1. The lowest BCUT2D eigenvalue weighted by molar-refractivity contribution is -0.135. The van der Waals surface area contributed by atoms with Gasteiger partial charge >= 0.3 is 12.3 Å². The van der Waals surface area contributed by atoms with Crippen LogP contribution in [0.2, 0.25) is 0 Å². The summed E-state index contributed by atoms with van der Waals surface area (Å²) < 4.78 is 58.0. The Kier molecular flexibility index (Phi) is 13.0. The zero-order valence-electron chi connectivity index (χ0n) is 32.6. The normalized spacial score (nSPS) is 17.6. The van der Waals surface area contributed by atoms with Crippen LogP contribution in [-0.2, 0) is 31.1 Å². The van der Waals surface area contributed by atoms with Crippen LogP contribution in [0.25, 0.3) is 0 Å². The zero-order valence-corrected chi connectivity index (χ0v) is 32.6. The van der Waals surface area contributed by atoms with Crippen molar-refractivity contribution >= 4 is 23.4 Å². The van der Waals surface area contributed by atoms with Gasteiger partial charge in [-0.15, -0.1) is 0 Å². The molecule has 2 aliphatic rings. The maximum atomic E-state index is 14.2. The SMILES string of the molecule is O=C(NCC1(O)CCC(N(CCCC(F)(F)F)c2cccc3c2CN(c2ccc(OCc4ccccc4)nc2OCc2ccccc2)C3=O)CC1)OCc1ccccc1. The summed E-state index contributed by atoms with van der Waals surface area (Å²) in [7, 11) is 0. The van der Waals surface area contributed by atoms with Crippen molar-refractivity contribution in [2.45, 2.75) is 82.7 Å². The molecule has 1 saturated carbocycles. The van der Waals surface area contributed by atoms with Crippen LogP contribution in [0, 0.1) is 0 Å². The molecule has 1 aromatic heterocycles. The predicted molar refractivity (Wildman–Crippen MR) is 217 cm³/mol. The van der Waals surface area contributed by atoms with Gasteiger partial charge in [0.25, 0.3) is 5.91 Å². The number of aliphatic hydroxyl groups is 1. The van der Waals surface area contributed by atoms with Crippen molar-refractivity contribution in [1.29, 1.82) is 0 Å². The van der Waals surface area contributed by atoms with Crippen LogP contribution in [0.15, 0.2) is 121 Å². The quantitative estimate of drug-likeness (QED) is 0.102. The Morgan fingerprint density at radius 3 is 2.05 bits per heavy atom. The van der Waals surface area contributed by atoms with Crippen LogP contribution in [0.5, 0.6) is 11.8 Å². The Bertz CT molecular complexity index is 2170. The second-order valence-corrected chi connectivity index (χ2v) is 15.0. The fourth-order valence-electron chi connectivity index (χ4n) is 7.63. The molecule has 0 atom stereocenters. The first kappa shape index (κ1) is 41.1. The van der Waals surface area contributed by atoms with E-state index in [9.17, 15) is 27.9 Å². The van der Waals surface area contributed by atoms with Crippen LogP contribution in [0.4, 0.5) is 29.3 Å². The van der Waals surface area contributed by atoms with Gasteiger partial charge in [0.1, 0.15) is 25.5 Å². The van der Waals surface area contributed by atoms with E-state index in [0.29, 0.717) is 54.1 Å². The average molecular weight is 809 g/mol. The molecule has 0 radical (unpaired) electrons. The van der Waals surface area contributed by atoms with E-state index in [1.807, 2.05) is 102 Å². The second kappa shape index (κ2) is 18.7. The van der Waals surface area contributed by atoms with Crippen LogP contribution in [0.3, 0.4) is 0 Å². The zero-order chi connectivity index (χ0) is 41.2. The Labute approximate surface area is 341 Å². The lowest BCUT2D eigenvalue weighted by atomic mass is 9.81. The highest BCUT2D eigenvalue weighted by Gasteiger charge is 2.39. The summed E-state index contributed by atoms with van der Waals surface area (Å²) in [5.74, 6) is 0.232. The number of carbonyl (C=O) groups is 2. The second-order valence-electron chi connectivity index (χ2n) is 15.0. The van der Waals surface area contributed by atoms with E-state index in [1.54, 1.807) is 29.2 Å². The summed E-state index contributed by atoms with van der Waals surface area (Å²) in [4.78, 5) is 34.9. The molecule has 5 aromatic rings. The number of aromatic nitrogens is 1. The Morgan fingerprint density at radius 1 is 0.814 bits per heavy atom. The van der Waals surface area contributed by atoms with Crippen molar-refractivity contribution in [3.63, 3.8) is 0 Å². The number of nitrogens with one attached hydrogen (secondary N) is 1. The van der Waals surface area contributed by atoms with E-state index < -0.39 is 24.3 Å². The number of hydrogen-bond donors (Lipinski definition) is 2. The fraction of sp³-hybridized carbons (Fsp3) is 0.326. The minimum absolute atomic E-state index is 0.0234. The largest absolute Gasteiger partial charge is 0.473 e. The number of fused-ring (bicyclic) bond motifs is 1. The van der Waals surface area contributed by atoms with Gasteiger partial charge in [-0.05, 0) is 67.0 Å². The standard InChI is InChI=1S/C46H47F3N4O6/c47-46(48,49)24-11-27-52(36-22-25-45(56,26-23-36)32-50-44(55)59-31-35-16-8-3-9-17-35)39-19-10-18-37-38(39)28-53(43(37)54)40-20-21-41(57-29-33-12-4-1-5-13-33)51-42(40)58-30-34-14-6-2-7-15-34/h1-10,12-21,36,56H,11,22-32H2,(H,50,55). The number of nitrogens with zero attached hydrogens (tertiary/aromatic N) is 3. The molecule has 2 heterocycles. The molecule has 7 rings (SSSR count). The number of halogens is 3. The van der Waals surface area contributed by atoms with E-state index in [-0.39, 0.29) is 63.7 Å². The van der Waals surface area contributed by atoms with Gasteiger partial charge < -0.3 is 29.5 Å². The Morgan fingerprint density at radius 2 is 1.42 bits per heavy atom. The van der Waals surface area contributed by atoms with Crippen molar-refractivity contribution in [1.82, 2.24) is 10.3 Å². The molecule has 1 fully saturated rings. The predicted octanol–water partition coefficient (Wildman–Crippen LogP) is 9.15. The molecule has 308 valence electrons. The molecule has 1 aliphatic heterocycles. The van der Waals surface area contributed by atoms with Gasteiger partial charge in [0, 0.05) is 48.4 Å². The van der Waals surface area contributed by atoms with E-state index in [2.05, 4.69) is 10.3 Å². The van der Waals surface area contributed by atoms with Crippen LogP contribution >= 0.6 is 0 Å². The molecular formula is C46H47F3N4O6. The minimum Gasteiger partial charge on any atom is -0.473 e. The Balaban J connectivity index is 1.08. The number of carbonyl (C=O) groups excluding carboxylic acids is 2. The molecule has 1 aliphatic carbocycles. The third-order valence-corrected chi connectivity index (χ3v) is 10.8. The first-order valence-electron chi connectivity index (χ1n) is 19.8. The van der Waals surface area contributed by atoms with Crippen molar-refractivity contribution in [2.24, 2.45) is 0 Å².